The van der Waals surface area contributed by atoms with Crippen molar-refractivity contribution in [3.8, 4) is 5.75 Å². The molecular weight excluding hydrogens is 268 g/mol. The van der Waals surface area contributed by atoms with Gasteiger partial charge in [-0.3, -0.25) is 4.79 Å². The molecule has 0 radical (unpaired) electrons. The third-order valence-electron chi connectivity index (χ3n) is 3.91. The van der Waals surface area contributed by atoms with Crippen LogP contribution in [0.5, 0.6) is 5.75 Å². The predicted molar refractivity (Wildman–Crippen MR) is 81.0 cm³/mol. The number of likely N-dealkylation sites (N-methyl/N-ethyl adjacent to an activating group) is 1. The topological polar surface area (TPSA) is 75.8 Å². The standard InChI is InChI=1S/C16H24N2O3/c1-2-18(10-13-7-8-21-11-13)16(20)15(17)9-12-3-5-14(19)6-4-12/h3-6,13,15,19H,2,7-11,17H2,1H3/t13?,15-/m1/s1. The van der Waals surface area contributed by atoms with E-state index in [4.69, 9.17) is 10.5 Å². The lowest BCUT2D eigenvalue weighted by Gasteiger charge is -2.26. The van der Waals surface area contributed by atoms with Crippen LogP contribution in [0.15, 0.2) is 24.3 Å². The number of rotatable bonds is 6. The Morgan fingerprint density at radius 3 is 2.76 bits per heavy atom. The van der Waals surface area contributed by atoms with E-state index < -0.39 is 6.04 Å². The molecule has 1 aliphatic heterocycles. The fraction of sp³-hybridized carbons (Fsp3) is 0.562. The van der Waals surface area contributed by atoms with Gasteiger partial charge in [0, 0.05) is 25.6 Å². The average molecular weight is 292 g/mol. The summed E-state index contributed by atoms with van der Waals surface area (Å²) in [5, 5.41) is 9.27. The first kappa shape index (κ1) is 15.8. The summed E-state index contributed by atoms with van der Waals surface area (Å²) in [6.07, 6.45) is 1.49. The molecule has 1 unspecified atom stereocenters. The second-order valence-corrected chi connectivity index (χ2v) is 5.58. The van der Waals surface area contributed by atoms with Gasteiger partial charge in [0.15, 0.2) is 0 Å². The molecule has 1 aromatic carbocycles. The number of carbonyl (C=O) groups excluding carboxylic acids is 1. The van der Waals surface area contributed by atoms with Crippen LogP contribution in [0.2, 0.25) is 0 Å². The van der Waals surface area contributed by atoms with Crippen molar-refractivity contribution < 1.29 is 14.6 Å². The van der Waals surface area contributed by atoms with Gasteiger partial charge in [0.05, 0.1) is 12.6 Å². The van der Waals surface area contributed by atoms with Crippen LogP contribution < -0.4 is 5.73 Å². The maximum atomic E-state index is 12.4. The van der Waals surface area contributed by atoms with Crippen molar-refractivity contribution >= 4 is 5.91 Å². The highest BCUT2D eigenvalue weighted by atomic mass is 16.5. The molecule has 0 spiro atoms. The number of ether oxygens (including phenoxy) is 1. The Bertz CT molecular complexity index is 455. The molecule has 0 saturated carbocycles. The van der Waals surface area contributed by atoms with Gasteiger partial charge < -0.3 is 20.5 Å². The van der Waals surface area contributed by atoms with E-state index in [-0.39, 0.29) is 11.7 Å². The molecule has 3 N–H and O–H groups in total. The second-order valence-electron chi connectivity index (χ2n) is 5.58. The summed E-state index contributed by atoms with van der Waals surface area (Å²) in [5.74, 6) is 0.627. The zero-order valence-electron chi connectivity index (χ0n) is 12.5. The molecule has 5 heteroatoms. The number of hydrogen-bond acceptors (Lipinski definition) is 4. The van der Waals surface area contributed by atoms with E-state index in [0.29, 0.717) is 18.9 Å². The largest absolute Gasteiger partial charge is 0.508 e. The first-order valence-electron chi connectivity index (χ1n) is 7.50. The lowest BCUT2D eigenvalue weighted by Crippen LogP contribution is -2.46. The molecule has 1 aromatic rings. The van der Waals surface area contributed by atoms with Crippen molar-refractivity contribution in [3.05, 3.63) is 29.8 Å². The summed E-state index contributed by atoms with van der Waals surface area (Å²) in [6.45, 7) is 4.88. The van der Waals surface area contributed by atoms with Crippen molar-refractivity contribution in [1.29, 1.82) is 0 Å². The minimum absolute atomic E-state index is 0.0162. The van der Waals surface area contributed by atoms with Crippen LogP contribution in [-0.4, -0.2) is 48.3 Å². The number of hydrogen-bond donors (Lipinski definition) is 2. The molecule has 0 bridgehead atoms. The third kappa shape index (κ3) is 4.44. The van der Waals surface area contributed by atoms with Crippen molar-refractivity contribution in [3.63, 3.8) is 0 Å². The van der Waals surface area contributed by atoms with E-state index in [1.54, 1.807) is 24.3 Å². The van der Waals surface area contributed by atoms with Crippen LogP contribution in [-0.2, 0) is 16.0 Å². The number of phenols is 1. The smallest absolute Gasteiger partial charge is 0.239 e. The number of phenolic OH excluding ortho intramolecular Hbond substituents is 1. The molecule has 1 fully saturated rings. The Balaban J connectivity index is 1.91. The molecule has 2 atom stereocenters. The number of nitrogens with zero attached hydrogens (tertiary/aromatic N) is 1. The van der Waals surface area contributed by atoms with Crippen molar-refractivity contribution in [2.24, 2.45) is 11.7 Å². The molecule has 0 aromatic heterocycles. The lowest BCUT2D eigenvalue weighted by atomic mass is 10.0. The molecule has 0 aliphatic carbocycles. The number of aromatic hydroxyl groups is 1. The third-order valence-corrected chi connectivity index (χ3v) is 3.91. The Hall–Kier alpha value is -1.59. The van der Waals surface area contributed by atoms with Crippen LogP contribution in [0.1, 0.15) is 18.9 Å². The summed E-state index contributed by atoms with van der Waals surface area (Å²) in [7, 11) is 0. The Kier molecular flexibility index (Phi) is 5.59. The SMILES string of the molecule is CCN(CC1CCOC1)C(=O)[C@H](N)Cc1ccc(O)cc1. The molecule has 1 saturated heterocycles. The van der Waals surface area contributed by atoms with Gasteiger partial charge in [-0.1, -0.05) is 12.1 Å². The van der Waals surface area contributed by atoms with Gasteiger partial charge in [-0.2, -0.15) is 0 Å². The van der Waals surface area contributed by atoms with Crippen LogP contribution in [0, 0.1) is 5.92 Å². The monoisotopic (exact) mass is 292 g/mol. The normalized spacial score (nSPS) is 19.4. The number of amides is 1. The highest BCUT2D eigenvalue weighted by molar-refractivity contribution is 5.82. The van der Waals surface area contributed by atoms with Gasteiger partial charge in [0.25, 0.3) is 0 Å². The highest BCUT2D eigenvalue weighted by Crippen LogP contribution is 2.15. The molecule has 2 rings (SSSR count). The number of benzene rings is 1. The number of nitrogens with two attached hydrogens (primary N) is 1. The molecule has 5 nitrogen and oxygen atoms in total. The Morgan fingerprint density at radius 2 is 2.19 bits per heavy atom. The highest BCUT2D eigenvalue weighted by Gasteiger charge is 2.25. The molecule has 21 heavy (non-hydrogen) atoms. The first-order valence-corrected chi connectivity index (χ1v) is 7.50. The van der Waals surface area contributed by atoms with Crippen molar-refractivity contribution in [2.45, 2.75) is 25.8 Å². The summed E-state index contributed by atoms with van der Waals surface area (Å²) < 4.78 is 5.36. The second kappa shape index (κ2) is 7.43. The van der Waals surface area contributed by atoms with Crippen LogP contribution in [0.3, 0.4) is 0 Å². The van der Waals surface area contributed by atoms with E-state index in [1.165, 1.54) is 0 Å². The van der Waals surface area contributed by atoms with E-state index in [0.717, 1.165) is 31.7 Å². The predicted octanol–water partition coefficient (Wildman–Crippen LogP) is 1.15. The van der Waals surface area contributed by atoms with Crippen molar-refractivity contribution in [2.75, 3.05) is 26.3 Å². The van der Waals surface area contributed by atoms with Gasteiger partial charge in [0.1, 0.15) is 5.75 Å². The molecule has 116 valence electrons. The van der Waals surface area contributed by atoms with E-state index in [9.17, 15) is 9.90 Å². The minimum atomic E-state index is -0.545. The average Bonchev–Trinajstić information content (AvgIpc) is 2.99. The van der Waals surface area contributed by atoms with Crippen LogP contribution in [0.25, 0.3) is 0 Å². The van der Waals surface area contributed by atoms with Crippen LogP contribution >= 0.6 is 0 Å². The van der Waals surface area contributed by atoms with Gasteiger partial charge >= 0.3 is 0 Å². The fourth-order valence-electron chi connectivity index (χ4n) is 2.62. The summed E-state index contributed by atoms with van der Waals surface area (Å²) in [6, 6.07) is 6.27. The van der Waals surface area contributed by atoms with E-state index >= 15 is 0 Å². The van der Waals surface area contributed by atoms with Gasteiger partial charge in [-0.05, 0) is 37.5 Å². The molecule has 1 heterocycles. The first-order chi connectivity index (χ1) is 10.1. The maximum absolute atomic E-state index is 12.4. The van der Waals surface area contributed by atoms with Crippen LogP contribution in [0.4, 0.5) is 0 Å². The lowest BCUT2D eigenvalue weighted by molar-refractivity contribution is -0.133. The quantitative estimate of drug-likeness (QED) is 0.824. The summed E-state index contributed by atoms with van der Waals surface area (Å²) in [5.41, 5.74) is 7.01. The maximum Gasteiger partial charge on any atom is 0.239 e. The van der Waals surface area contributed by atoms with E-state index in [1.807, 2.05) is 11.8 Å². The van der Waals surface area contributed by atoms with Gasteiger partial charge in [0.2, 0.25) is 5.91 Å². The van der Waals surface area contributed by atoms with Crippen molar-refractivity contribution in [1.82, 2.24) is 4.90 Å². The zero-order valence-corrected chi connectivity index (χ0v) is 12.5. The minimum Gasteiger partial charge on any atom is -0.508 e. The number of carbonyl (C=O) groups is 1. The zero-order chi connectivity index (χ0) is 15.2. The van der Waals surface area contributed by atoms with Gasteiger partial charge in [-0.15, -0.1) is 0 Å². The molecule has 1 amide bonds. The Labute approximate surface area is 125 Å². The van der Waals surface area contributed by atoms with E-state index in [2.05, 4.69) is 0 Å². The molecule has 1 aliphatic rings. The Morgan fingerprint density at radius 1 is 1.48 bits per heavy atom. The van der Waals surface area contributed by atoms with Gasteiger partial charge in [-0.25, -0.2) is 0 Å². The summed E-state index contributed by atoms with van der Waals surface area (Å²) in [4.78, 5) is 14.3. The molecular formula is C16H24N2O3. The summed E-state index contributed by atoms with van der Waals surface area (Å²) >= 11 is 0. The fourth-order valence-corrected chi connectivity index (χ4v) is 2.62.